The van der Waals surface area contributed by atoms with E-state index in [1.807, 2.05) is 11.0 Å². The molecule has 1 saturated heterocycles. The molecule has 1 aliphatic heterocycles. The number of anilines is 1. The van der Waals surface area contributed by atoms with E-state index in [1.54, 1.807) is 23.1 Å². The second-order valence-electron chi connectivity index (χ2n) is 6.59. The molecule has 28 heavy (non-hydrogen) atoms. The molecule has 0 atom stereocenters. The van der Waals surface area contributed by atoms with Crippen LogP contribution in [-0.2, 0) is 16.7 Å². The molecule has 3 rings (SSSR count). The fraction of sp³-hybridized carbons (Fsp3) is 0.474. The van der Waals surface area contributed by atoms with Crippen molar-refractivity contribution >= 4 is 34.8 Å². The van der Waals surface area contributed by atoms with Gasteiger partial charge in [-0.2, -0.15) is 24.9 Å². The number of nitrogens with zero attached hydrogens (tertiary/aromatic N) is 2. The minimum atomic E-state index is -4.38. The zero-order chi connectivity index (χ0) is 20.0. The van der Waals surface area contributed by atoms with E-state index in [1.165, 1.54) is 10.9 Å². The summed E-state index contributed by atoms with van der Waals surface area (Å²) in [5, 5.41) is 5.06. The Kier molecular flexibility index (Phi) is 7.23. The average molecular weight is 430 g/mol. The van der Waals surface area contributed by atoms with Crippen LogP contribution in [0, 0.1) is 5.92 Å². The number of thiophene rings is 1. The lowest BCUT2D eigenvalue weighted by molar-refractivity contribution is -0.137. The van der Waals surface area contributed by atoms with Crippen LogP contribution < -0.4 is 10.2 Å². The van der Waals surface area contributed by atoms with Gasteiger partial charge in [0.1, 0.15) is 5.82 Å². The summed E-state index contributed by atoms with van der Waals surface area (Å²) in [7, 11) is 0. The minimum Gasteiger partial charge on any atom is -0.357 e. The SMILES string of the molecule is O=C(NCCSCc1cccs1)C1CCN(c2ccc(C(F)(F)F)cn2)CC1. The molecule has 0 spiro atoms. The molecule has 1 N–H and O–H groups in total. The minimum absolute atomic E-state index is 0.0482. The van der Waals surface area contributed by atoms with E-state index < -0.39 is 11.7 Å². The van der Waals surface area contributed by atoms with Gasteiger partial charge in [0.2, 0.25) is 5.91 Å². The van der Waals surface area contributed by atoms with Crippen molar-refractivity contribution in [2.45, 2.75) is 24.8 Å². The second kappa shape index (κ2) is 9.65. The highest BCUT2D eigenvalue weighted by Crippen LogP contribution is 2.30. The maximum atomic E-state index is 12.6. The third kappa shape index (κ3) is 5.88. The number of piperidine rings is 1. The quantitative estimate of drug-likeness (QED) is 0.662. The van der Waals surface area contributed by atoms with Crippen molar-refractivity contribution in [2.75, 3.05) is 30.3 Å². The number of thioether (sulfide) groups is 1. The fourth-order valence-corrected chi connectivity index (χ4v) is 4.77. The largest absolute Gasteiger partial charge is 0.417 e. The van der Waals surface area contributed by atoms with Gasteiger partial charge in [0.05, 0.1) is 5.56 Å². The first kappa shape index (κ1) is 21.0. The maximum absolute atomic E-state index is 12.6. The number of halogens is 3. The number of aromatic nitrogens is 1. The molecule has 0 saturated carbocycles. The Hall–Kier alpha value is -1.74. The Bertz CT molecular complexity index is 743. The van der Waals surface area contributed by atoms with Gasteiger partial charge >= 0.3 is 6.18 Å². The number of hydrogen-bond donors (Lipinski definition) is 1. The topological polar surface area (TPSA) is 45.2 Å². The van der Waals surface area contributed by atoms with Crippen molar-refractivity contribution in [2.24, 2.45) is 5.92 Å². The first-order chi connectivity index (χ1) is 13.4. The Morgan fingerprint density at radius 3 is 2.68 bits per heavy atom. The first-order valence-electron chi connectivity index (χ1n) is 9.09. The number of amides is 1. The summed E-state index contributed by atoms with van der Waals surface area (Å²) in [6, 6.07) is 6.59. The van der Waals surface area contributed by atoms with Gasteiger partial charge in [0.15, 0.2) is 0 Å². The molecule has 2 aromatic rings. The van der Waals surface area contributed by atoms with Crippen LogP contribution in [0.3, 0.4) is 0 Å². The molecule has 152 valence electrons. The zero-order valence-corrected chi connectivity index (χ0v) is 16.9. The number of alkyl halides is 3. The maximum Gasteiger partial charge on any atom is 0.417 e. The van der Waals surface area contributed by atoms with Crippen LogP contribution in [0.4, 0.5) is 19.0 Å². The van der Waals surface area contributed by atoms with Gasteiger partial charge in [-0.3, -0.25) is 4.79 Å². The van der Waals surface area contributed by atoms with Gasteiger partial charge in [-0.05, 0) is 36.4 Å². The van der Waals surface area contributed by atoms with Crippen LogP contribution in [0.25, 0.3) is 0 Å². The van der Waals surface area contributed by atoms with Crippen molar-refractivity contribution in [3.8, 4) is 0 Å². The van der Waals surface area contributed by atoms with Gasteiger partial charge in [-0.15, -0.1) is 11.3 Å². The van der Waals surface area contributed by atoms with Crippen LogP contribution in [0.5, 0.6) is 0 Å². The van der Waals surface area contributed by atoms with Gasteiger partial charge < -0.3 is 10.2 Å². The van der Waals surface area contributed by atoms with Crippen molar-refractivity contribution in [1.82, 2.24) is 10.3 Å². The van der Waals surface area contributed by atoms with Crippen LogP contribution in [-0.4, -0.2) is 36.3 Å². The standard InChI is InChI=1S/C19H22F3N3OS2/c20-19(21,22)15-3-4-17(24-12-15)25-8-5-14(6-9-25)18(26)23-7-11-27-13-16-2-1-10-28-16/h1-4,10,12,14H,5-9,11,13H2,(H,23,26). The number of hydrogen-bond acceptors (Lipinski definition) is 5. The van der Waals surface area contributed by atoms with Gasteiger partial charge in [-0.25, -0.2) is 4.98 Å². The molecule has 0 radical (unpaired) electrons. The number of nitrogens with one attached hydrogen (secondary N) is 1. The molecular weight excluding hydrogens is 407 g/mol. The summed E-state index contributed by atoms with van der Waals surface area (Å²) < 4.78 is 37.9. The van der Waals surface area contributed by atoms with E-state index in [4.69, 9.17) is 0 Å². The molecule has 3 heterocycles. The van der Waals surface area contributed by atoms with E-state index in [9.17, 15) is 18.0 Å². The van der Waals surface area contributed by atoms with Crippen molar-refractivity contribution < 1.29 is 18.0 Å². The molecule has 0 unspecified atom stereocenters. The lowest BCUT2D eigenvalue weighted by Gasteiger charge is -2.32. The highest BCUT2D eigenvalue weighted by Gasteiger charge is 2.31. The Labute approximate surface area is 170 Å². The number of carbonyl (C=O) groups is 1. The Balaban J connectivity index is 1.36. The smallest absolute Gasteiger partial charge is 0.357 e. The molecule has 1 fully saturated rings. The van der Waals surface area contributed by atoms with Gasteiger partial charge in [-0.1, -0.05) is 6.07 Å². The predicted molar refractivity (Wildman–Crippen MR) is 108 cm³/mol. The molecule has 9 heteroatoms. The van der Waals surface area contributed by atoms with E-state index in [-0.39, 0.29) is 11.8 Å². The molecule has 2 aromatic heterocycles. The van der Waals surface area contributed by atoms with Crippen LogP contribution >= 0.6 is 23.1 Å². The molecule has 1 amide bonds. The van der Waals surface area contributed by atoms with Crippen molar-refractivity contribution in [3.05, 3.63) is 46.3 Å². The summed E-state index contributed by atoms with van der Waals surface area (Å²) in [4.78, 5) is 19.5. The predicted octanol–water partition coefficient (Wildman–Crippen LogP) is 4.43. The average Bonchev–Trinajstić information content (AvgIpc) is 3.21. The van der Waals surface area contributed by atoms with Crippen LogP contribution in [0.2, 0.25) is 0 Å². The molecule has 0 aliphatic carbocycles. The summed E-state index contributed by atoms with van der Waals surface area (Å²) in [6.07, 6.45) is -2.16. The molecule has 0 aromatic carbocycles. The van der Waals surface area contributed by atoms with E-state index in [2.05, 4.69) is 21.7 Å². The monoisotopic (exact) mass is 429 g/mol. The van der Waals surface area contributed by atoms with Gasteiger partial charge in [0, 0.05) is 48.1 Å². The summed E-state index contributed by atoms with van der Waals surface area (Å²) in [5.74, 6) is 2.38. The number of rotatable bonds is 7. The van der Waals surface area contributed by atoms with Crippen molar-refractivity contribution in [3.63, 3.8) is 0 Å². The number of pyridine rings is 1. The third-order valence-corrected chi connectivity index (χ3v) is 6.70. The molecule has 4 nitrogen and oxygen atoms in total. The second-order valence-corrected chi connectivity index (χ2v) is 8.72. The molecule has 1 aliphatic rings. The highest BCUT2D eigenvalue weighted by molar-refractivity contribution is 7.98. The Morgan fingerprint density at radius 1 is 1.29 bits per heavy atom. The van der Waals surface area contributed by atoms with E-state index in [0.29, 0.717) is 38.3 Å². The lowest BCUT2D eigenvalue weighted by atomic mass is 9.96. The normalized spacial score (nSPS) is 15.6. The summed E-state index contributed by atoms with van der Waals surface area (Å²) in [5.41, 5.74) is -0.748. The van der Waals surface area contributed by atoms with E-state index in [0.717, 1.165) is 23.8 Å². The Morgan fingerprint density at radius 2 is 2.07 bits per heavy atom. The van der Waals surface area contributed by atoms with Crippen molar-refractivity contribution in [1.29, 1.82) is 0 Å². The first-order valence-corrected chi connectivity index (χ1v) is 11.1. The zero-order valence-electron chi connectivity index (χ0n) is 15.2. The van der Waals surface area contributed by atoms with Crippen LogP contribution in [0.1, 0.15) is 23.3 Å². The van der Waals surface area contributed by atoms with Gasteiger partial charge in [0.25, 0.3) is 0 Å². The molecular formula is C19H22F3N3OS2. The van der Waals surface area contributed by atoms with Crippen LogP contribution in [0.15, 0.2) is 35.8 Å². The molecule has 0 bridgehead atoms. The highest BCUT2D eigenvalue weighted by atomic mass is 32.2. The summed E-state index contributed by atoms with van der Waals surface area (Å²) in [6.45, 7) is 1.88. The lowest BCUT2D eigenvalue weighted by Crippen LogP contribution is -2.41. The summed E-state index contributed by atoms with van der Waals surface area (Å²) >= 11 is 3.54. The van der Waals surface area contributed by atoms with E-state index >= 15 is 0 Å². The number of carbonyl (C=O) groups excluding carboxylic acids is 1. The third-order valence-electron chi connectivity index (χ3n) is 4.63. The fourth-order valence-electron chi connectivity index (χ4n) is 3.07.